The van der Waals surface area contributed by atoms with Crippen LogP contribution >= 0.6 is 11.3 Å². The maximum atomic E-state index is 13.5. The molecule has 0 fully saturated rings. The number of rotatable bonds is 6. The van der Waals surface area contributed by atoms with Gasteiger partial charge in [0, 0.05) is 18.5 Å². The normalized spacial score (nSPS) is 12.7. The summed E-state index contributed by atoms with van der Waals surface area (Å²) in [5.41, 5.74) is 6.68. The van der Waals surface area contributed by atoms with Crippen LogP contribution in [-0.4, -0.2) is 13.9 Å². The highest BCUT2D eigenvalue weighted by molar-refractivity contribution is 7.07. The summed E-state index contributed by atoms with van der Waals surface area (Å²) < 4.78 is 5.82. The number of nitrogens with zero attached hydrogens (tertiary/aromatic N) is 4. The van der Waals surface area contributed by atoms with Crippen LogP contribution < -0.4 is 10.4 Å². The van der Waals surface area contributed by atoms with Crippen molar-refractivity contribution >= 4 is 17.0 Å². The number of hydrogen-bond donors (Lipinski definition) is 0. The van der Waals surface area contributed by atoms with E-state index >= 15 is 0 Å². The maximum absolute atomic E-state index is 13.5. The third-order valence-electron chi connectivity index (χ3n) is 6.79. The smallest absolute Gasteiger partial charge is 0.297 e. The van der Waals surface area contributed by atoms with E-state index < -0.39 is 0 Å². The Morgan fingerprint density at radius 3 is 2.08 bits per heavy atom. The molecule has 5 rings (SSSR count). The van der Waals surface area contributed by atoms with E-state index in [9.17, 15) is 4.79 Å². The minimum absolute atomic E-state index is 0.112. The van der Waals surface area contributed by atoms with E-state index in [0.717, 1.165) is 33.9 Å². The molecule has 3 aromatic carbocycles. The van der Waals surface area contributed by atoms with Crippen molar-refractivity contribution in [2.75, 3.05) is 0 Å². The zero-order chi connectivity index (χ0) is 25.2. The number of hydrogen-bond acceptors (Lipinski definition) is 3. The molecule has 5 aromatic rings. The van der Waals surface area contributed by atoms with Gasteiger partial charge in [-0.2, -0.15) is 0 Å². The molecule has 2 aromatic heterocycles. The highest BCUT2D eigenvalue weighted by atomic mass is 32.1. The molecule has 36 heavy (non-hydrogen) atoms. The fourth-order valence-corrected chi connectivity index (χ4v) is 5.47. The predicted molar refractivity (Wildman–Crippen MR) is 149 cm³/mol. The summed E-state index contributed by atoms with van der Waals surface area (Å²) in [6.45, 7) is 6.33. The fourth-order valence-electron chi connectivity index (χ4n) is 4.46. The van der Waals surface area contributed by atoms with Gasteiger partial charge in [0.1, 0.15) is 0 Å². The molecule has 0 saturated carbocycles. The number of para-hydroxylation sites is 1. The van der Waals surface area contributed by atoms with E-state index in [1.165, 1.54) is 11.1 Å². The summed E-state index contributed by atoms with van der Waals surface area (Å²) in [6, 6.07) is 29.0. The van der Waals surface area contributed by atoms with Crippen molar-refractivity contribution in [1.82, 2.24) is 13.9 Å². The molecule has 2 heterocycles. The van der Waals surface area contributed by atoms with Gasteiger partial charge < -0.3 is 4.57 Å². The standard InChI is InChI=1S/C30H30N4OS/c1-5-21(2)33-27(25-18-16-24(17-19-25)23-12-8-6-9-13-23)20-36-30(33)31-28-22(3)32(4)34(29(28)35)26-14-10-7-11-15-26/h6-21H,5H2,1-4H3. The first-order chi connectivity index (χ1) is 17.5. The minimum atomic E-state index is -0.112. The van der Waals surface area contributed by atoms with Gasteiger partial charge in [-0.05, 0) is 49.1 Å². The molecule has 0 aliphatic rings. The quantitative estimate of drug-likeness (QED) is 0.254. The molecule has 0 saturated heterocycles. The van der Waals surface area contributed by atoms with Gasteiger partial charge in [0.05, 0.1) is 17.1 Å². The largest absolute Gasteiger partial charge is 0.314 e. The van der Waals surface area contributed by atoms with Crippen LogP contribution in [0.2, 0.25) is 0 Å². The van der Waals surface area contributed by atoms with Gasteiger partial charge in [0.15, 0.2) is 10.5 Å². The SMILES string of the molecule is CCC(C)n1c(-c2ccc(-c3ccccc3)cc2)csc1=Nc1c(C)n(C)n(-c2ccccc2)c1=O. The molecule has 0 radical (unpaired) electrons. The number of benzene rings is 3. The summed E-state index contributed by atoms with van der Waals surface area (Å²) in [4.78, 5) is 19.2. The monoisotopic (exact) mass is 494 g/mol. The second kappa shape index (κ2) is 9.99. The Labute approximate surface area is 215 Å². The third kappa shape index (κ3) is 4.29. The molecule has 0 N–H and O–H groups in total. The zero-order valence-electron chi connectivity index (χ0n) is 21.1. The van der Waals surface area contributed by atoms with Crippen molar-refractivity contribution < 1.29 is 0 Å². The van der Waals surface area contributed by atoms with E-state index in [1.807, 2.05) is 55.1 Å². The molecule has 1 unspecified atom stereocenters. The number of aromatic nitrogens is 3. The van der Waals surface area contributed by atoms with Crippen molar-refractivity contribution in [1.29, 1.82) is 0 Å². The van der Waals surface area contributed by atoms with E-state index in [0.29, 0.717) is 5.69 Å². The molecule has 0 bridgehead atoms. The van der Waals surface area contributed by atoms with E-state index in [4.69, 9.17) is 4.99 Å². The lowest BCUT2D eigenvalue weighted by Gasteiger charge is -2.16. The summed E-state index contributed by atoms with van der Waals surface area (Å²) in [7, 11) is 1.90. The molecule has 5 nitrogen and oxygen atoms in total. The topological polar surface area (TPSA) is 44.2 Å². The molecule has 0 amide bonds. The predicted octanol–water partition coefficient (Wildman–Crippen LogP) is 6.88. The molecule has 182 valence electrons. The van der Waals surface area contributed by atoms with Crippen LogP contribution in [0.1, 0.15) is 32.0 Å². The Bertz CT molecular complexity index is 1600. The highest BCUT2D eigenvalue weighted by Crippen LogP contribution is 2.28. The van der Waals surface area contributed by atoms with E-state index in [2.05, 4.69) is 72.3 Å². The molecule has 0 aliphatic heterocycles. The van der Waals surface area contributed by atoms with Gasteiger partial charge >= 0.3 is 0 Å². The summed E-state index contributed by atoms with van der Waals surface area (Å²) in [5, 5.41) is 2.15. The second-order valence-corrected chi connectivity index (χ2v) is 9.83. The summed E-state index contributed by atoms with van der Waals surface area (Å²) in [6.07, 6.45) is 0.959. The molecule has 0 aliphatic carbocycles. The van der Waals surface area contributed by atoms with Gasteiger partial charge in [0.2, 0.25) is 0 Å². The highest BCUT2D eigenvalue weighted by Gasteiger charge is 2.18. The van der Waals surface area contributed by atoms with Gasteiger partial charge in [0.25, 0.3) is 5.56 Å². The lowest BCUT2D eigenvalue weighted by atomic mass is 10.0. The van der Waals surface area contributed by atoms with Crippen LogP contribution in [-0.2, 0) is 7.05 Å². The Balaban J connectivity index is 1.62. The van der Waals surface area contributed by atoms with Gasteiger partial charge in [-0.3, -0.25) is 9.48 Å². The van der Waals surface area contributed by atoms with Crippen LogP contribution in [0, 0.1) is 6.92 Å². The lowest BCUT2D eigenvalue weighted by molar-refractivity contribution is 0.524. The van der Waals surface area contributed by atoms with Crippen LogP contribution in [0.25, 0.3) is 28.1 Å². The van der Waals surface area contributed by atoms with Crippen LogP contribution in [0.5, 0.6) is 0 Å². The lowest BCUT2D eigenvalue weighted by Crippen LogP contribution is -2.21. The average Bonchev–Trinajstić information content (AvgIpc) is 3.44. The fraction of sp³-hybridized carbons (Fsp3) is 0.200. The average molecular weight is 495 g/mol. The number of thiazole rings is 1. The molecular weight excluding hydrogens is 464 g/mol. The van der Waals surface area contributed by atoms with Crippen LogP contribution in [0.15, 0.2) is 100 Å². The summed E-state index contributed by atoms with van der Waals surface area (Å²) in [5.74, 6) is 0. The summed E-state index contributed by atoms with van der Waals surface area (Å²) >= 11 is 1.58. The van der Waals surface area contributed by atoms with Crippen LogP contribution in [0.3, 0.4) is 0 Å². The van der Waals surface area contributed by atoms with Crippen molar-refractivity contribution in [3.63, 3.8) is 0 Å². The van der Waals surface area contributed by atoms with Gasteiger partial charge in [-0.15, -0.1) is 11.3 Å². The first-order valence-corrected chi connectivity index (χ1v) is 13.1. The Hall–Kier alpha value is -3.90. The third-order valence-corrected chi connectivity index (χ3v) is 7.63. The first kappa shape index (κ1) is 23.8. The molecule has 1 atom stereocenters. The molecule has 6 heteroatoms. The van der Waals surface area contributed by atoms with Crippen molar-refractivity contribution in [3.05, 3.63) is 111 Å². The van der Waals surface area contributed by atoms with Crippen molar-refractivity contribution in [3.8, 4) is 28.1 Å². The maximum Gasteiger partial charge on any atom is 0.297 e. The minimum Gasteiger partial charge on any atom is -0.314 e. The van der Waals surface area contributed by atoms with E-state index in [1.54, 1.807) is 16.0 Å². The zero-order valence-corrected chi connectivity index (χ0v) is 21.9. The molecule has 0 spiro atoms. The van der Waals surface area contributed by atoms with E-state index in [-0.39, 0.29) is 11.6 Å². The van der Waals surface area contributed by atoms with Crippen LogP contribution in [0.4, 0.5) is 5.69 Å². The first-order valence-electron chi connectivity index (χ1n) is 12.2. The Morgan fingerprint density at radius 1 is 0.861 bits per heavy atom. The van der Waals surface area contributed by atoms with Gasteiger partial charge in [-0.1, -0.05) is 79.7 Å². The second-order valence-electron chi connectivity index (χ2n) is 9.00. The van der Waals surface area contributed by atoms with Crippen molar-refractivity contribution in [2.24, 2.45) is 12.0 Å². The van der Waals surface area contributed by atoms with Gasteiger partial charge in [-0.25, -0.2) is 9.67 Å². The Kier molecular flexibility index (Phi) is 6.61. The Morgan fingerprint density at radius 2 is 1.44 bits per heavy atom. The van der Waals surface area contributed by atoms with Crippen molar-refractivity contribution in [2.45, 2.75) is 33.2 Å². The molecular formula is C30H30N4OS.